The summed E-state index contributed by atoms with van der Waals surface area (Å²) >= 11 is 0. The number of hydrogen-bond donors (Lipinski definition) is 5. The summed E-state index contributed by atoms with van der Waals surface area (Å²) < 4.78 is 30.9. The first-order valence-corrected chi connectivity index (χ1v) is 46.3. The Hall–Kier alpha value is -12.0. The zero-order valence-electron chi connectivity index (χ0n) is 75.3. The number of methoxy groups -OCH3 is 4. The van der Waals surface area contributed by atoms with Crippen LogP contribution in [0.2, 0.25) is 0 Å². The fourth-order valence-electron chi connectivity index (χ4n) is 22.9. The van der Waals surface area contributed by atoms with E-state index in [9.17, 15) is 24.0 Å². The zero-order valence-corrected chi connectivity index (χ0v) is 75.3. The molecule has 23 rings (SSSR count). The number of fused-ring (bicyclic) bond motifs is 12. The van der Waals surface area contributed by atoms with Crippen molar-refractivity contribution < 1.29 is 38.1 Å². The summed E-state index contributed by atoms with van der Waals surface area (Å²) in [4.78, 5) is 113. The fraction of sp³-hybridized carbons (Fsp3) is 0.485. The Labute approximate surface area is 749 Å². The van der Waals surface area contributed by atoms with Gasteiger partial charge in [-0.2, -0.15) is 0 Å². The summed E-state index contributed by atoms with van der Waals surface area (Å²) in [7, 11) is 14.4. The van der Waals surface area contributed by atoms with E-state index in [0.717, 1.165) is 203 Å². The monoisotopic (exact) mass is 1740 g/mol. The molecule has 12 heterocycles. The molecule has 0 spiro atoms. The summed E-state index contributed by atoms with van der Waals surface area (Å²) in [5, 5.41) is 0. The van der Waals surface area contributed by atoms with Crippen LogP contribution < -0.4 is 47.6 Å². The van der Waals surface area contributed by atoms with Crippen molar-refractivity contribution in [3.63, 3.8) is 0 Å². The van der Waals surface area contributed by atoms with Crippen LogP contribution in [-0.4, -0.2) is 209 Å². The normalized spacial score (nSPS) is 24.9. The number of aromatic amines is 1. The van der Waals surface area contributed by atoms with Gasteiger partial charge in [-0.25, -0.2) is 29.7 Å². The third-order valence-electron chi connectivity index (χ3n) is 30.8. The molecule has 129 heavy (non-hydrogen) atoms. The number of nitrogens with one attached hydrogen (secondary N) is 1. The summed E-state index contributed by atoms with van der Waals surface area (Å²) in [6, 6.07) is 27.9. The molecule has 11 aliphatic rings. The molecule has 4 saturated heterocycles. The van der Waals surface area contributed by atoms with E-state index in [2.05, 4.69) is 53.8 Å². The number of piperidine rings is 4. The number of aryl methyl sites for hydroxylation is 5. The van der Waals surface area contributed by atoms with Gasteiger partial charge in [-0.05, 0) is 229 Å². The molecule has 14 atom stereocenters. The quantitative estimate of drug-likeness (QED) is 0.0502. The van der Waals surface area contributed by atoms with Crippen molar-refractivity contribution in [2.75, 3.05) is 54.6 Å². The minimum atomic E-state index is -0.386. The van der Waals surface area contributed by atoms with Gasteiger partial charge in [-0.3, -0.25) is 34.1 Å². The highest BCUT2D eigenvalue weighted by atomic mass is 16.5. The molecule has 9 N–H and O–H groups in total. The molecule has 0 radical (unpaired) electrons. The molecule has 4 aromatic carbocycles. The smallest absolute Gasteiger partial charge is 0.345 e. The van der Waals surface area contributed by atoms with Crippen molar-refractivity contribution in [1.82, 2.24) is 82.7 Å². The lowest BCUT2D eigenvalue weighted by atomic mass is 9.81. The molecular formula is C99H117N21O9. The van der Waals surface area contributed by atoms with Crippen LogP contribution >= 0.6 is 0 Å². The Balaban J connectivity index is 0.000000108. The Morgan fingerprint density at radius 2 is 0.713 bits per heavy atom. The number of hydrogen-bond acceptors (Lipinski definition) is 21. The number of nitrogens with zero attached hydrogens (tertiary/aromatic N) is 16. The Morgan fingerprint density at radius 3 is 0.969 bits per heavy atom. The van der Waals surface area contributed by atoms with Crippen molar-refractivity contribution in [3.8, 4) is 68.5 Å². The van der Waals surface area contributed by atoms with Gasteiger partial charge in [0.15, 0.2) is 0 Å². The van der Waals surface area contributed by atoms with Crippen LogP contribution in [0.1, 0.15) is 168 Å². The van der Waals surface area contributed by atoms with Crippen molar-refractivity contribution in [3.05, 3.63) is 165 Å². The van der Waals surface area contributed by atoms with Crippen LogP contribution in [0.25, 0.3) is 89.7 Å². The molecule has 12 aromatic rings. The highest BCUT2D eigenvalue weighted by Gasteiger charge is 2.51. The van der Waals surface area contributed by atoms with Crippen LogP contribution in [0, 0.1) is 47.3 Å². The van der Waals surface area contributed by atoms with Gasteiger partial charge in [0.1, 0.15) is 68.4 Å². The Bertz CT molecular complexity index is 6300. The first-order valence-electron chi connectivity index (χ1n) is 46.3. The summed E-state index contributed by atoms with van der Waals surface area (Å²) in [6.45, 7) is 7.21. The molecule has 8 aromatic heterocycles. The molecule has 4 amide bonds. The summed E-state index contributed by atoms with van der Waals surface area (Å²) in [5.41, 5.74) is 41.7. The fourth-order valence-corrected chi connectivity index (χ4v) is 22.9. The number of benzene rings is 4. The summed E-state index contributed by atoms with van der Waals surface area (Å²) in [5.74, 6) is 10.4. The van der Waals surface area contributed by atoms with Crippen LogP contribution in [0.4, 0.5) is 0 Å². The number of rotatable bonds is 19. The van der Waals surface area contributed by atoms with E-state index < -0.39 is 0 Å². The molecule has 4 aliphatic heterocycles. The average molecular weight is 1750 g/mol. The van der Waals surface area contributed by atoms with Crippen LogP contribution in [0.5, 0.6) is 23.0 Å². The second kappa shape index (κ2) is 34.1. The van der Waals surface area contributed by atoms with E-state index >= 15 is 0 Å². The third kappa shape index (κ3) is 15.2. The van der Waals surface area contributed by atoms with Gasteiger partial charge in [-0.1, -0.05) is 33.1 Å². The van der Waals surface area contributed by atoms with Crippen molar-refractivity contribution in [1.29, 1.82) is 0 Å². The van der Waals surface area contributed by atoms with Gasteiger partial charge in [0.2, 0.25) is 0 Å². The highest BCUT2D eigenvalue weighted by molar-refractivity contribution is 6.04. The second-order valence-electron chi connectivity index (χ2n) is 38.2. The van der Waals surface area contributed by atoms with Gasteiger partial charge in [0.25, 0.3) is 23.6 Å². The van der Waals surface area contributed by atoms with Gasteiger partial charge in [0, 0.05) is 172 Å². The minimum absolute atomic E-state index is 0.0230. The van der Waals surface area contributed by atoms with E-state index in [1.54, 1.807) is 40.7 Å². The third-order valence-corrected chi connectivity index (χ3v) is 30.8. The van der Waals surface area contributed by atoms with Crippen LogP contribution in [0.15, 0.2) is 115 Å². The molecule has 30 heteroatoms. The molecule has 8 bridgehead atoms. The van der Waals surface area contributed by atoms with Crippen molar-refractivity contribution >= 4 is 67.8 Å². The maximum absolute atomic E-state index is 13.4. The first kappa shape index (κ1) is 85.1. The number of aromatic nitrogens is 13. The number of H-pyrrole nitrogens is 1. The Kier molecular flexibility index (Phi) is 22.5. The van der Waals surface area contributed by atoms with E-state index in [0.29, 0.717) is 105 Å². The molecule has 672 valence electrons. The van der Waals surface area contributed by atoms with Crippen molar-refractivity contribution in [2.45, 2.75) is 178 Å². The largest absolute Gasteiger partial charge is 0.494 e. The predicted octanol–water partition coefficient (Wildman–Crippen LogP) is 11.6. The number of nitrogens with two attached hydrogens (primary N) is 4. The van der Waals surface area contributed by atoms with E-state index in [1.165, 1.54) is 38.5 Å². The topological polar surface area (TPSA) is 378 Å². The maximum Gasteiger partial charge on any atom is 0.345 e. The lowest BCUT2D eigenvalue weighted by Gasteiger charge is -2.27. The number of imidazole rings is 4. The number of carbonyl (C=O) groups is 4. The number of likely N-dealkylation sites (tertiary alicyclic amines) is 4. The summed E-state index contributed by atoms with van der Waals surface area (Å²) in [6.07, 6.45) is 26.8. The van der Waals surface area contributed by atoms with Gasteiger partial charge in [-0.15, -0.1) is 0 Å². The van der Waals surface area contributed by atoms with Gasteiger partial charge >= 0.3 is 5.69 Å². The number of ether oxygens (including phenoxy) is 4. The molecular weight excluding hydrogens is 1630 g/mol. The Morgan fingerprint density at radius 1 is 0.411 bits per heavy atom. The van der Waals surface area contributed by atoms with E-state index in [4.69, 9.17) is 71.8 Å². The molecule has 30 nitrogen and oxygen atoms in total. The van der Waals surface area contributed by atoms with Crippen LogP contribution in [0.3, 0.4) is 0 Å². The lowest BCUT2D eigenvalue weighted by Crippen LogP contribution is -2.41. The van der Waals surface area contributed by atoms with Crippen LogP contribution in [-0.2, 0) is 53.9 Å². The molecule has 7 aliphatic carbocycles. The van der Waals surface area contributed by atoms with E-state index in [-0.39, 0.29) is 77.7 Å². The standard InChI is InChI=1S/2C26H31N5O2.C25H29N5O2.C22H26N6O3/c1-14-9-16(14)10-19-18(5-4-8-28-19)25-29-20-11-17(12-22(33-3)24(20)30(25)2)26(32)31-13-15-6-7-21(31)23(15)27;1-30-24-20(29-25(30)18-7-4-10-28-19(18)11-15-5-3-6-15)12-17(13-22(24)33-2)26(32)31-14-16-8-9-21(31)23(16)27;1-29-23-19(28-24(29)17-4-3-9-27-18(17)10-14-5-6-14)11-16(12-21(23)32-2)25(31)30-13-15-7-8-20(30)22(15)26;1-4-14-13(9-24-22(30)26-14)20-25-15-7-12(8-17(31-3)19(15)27(20)2)21(29)28-10-11-5-6-16(28)18(11)23/h4-5,8,11-12,14-16,21,23H,6-7,9-10,13,27H2,1-3H3;4,7,10,12-13,15-16,21,23H,3,5-6,8-9,11,14,27H2,1-2H3;3-4,9,11-12,14-15,20,22H,5-8,10,13,26H2,1-2H3;7-9,11,16,18H,4-6,10,23H2,1-3H3,(H,24,26,30)/t14?,15-,16?,21-,23-;16-,21-,23-;15-,20-,22-;11-,16-,18-/m1111/s1. The highest BCUT2D eigenvalue weighted by Crippen LogP contribution is 2.48. The predicted molar refractivity (Wildman–Crippen MR) is 493 cm³/mol. The lowest BCUT2D eigenvalue weighted by molar-refractivity contribution is 0.0693. The number of amides is 4. The SMILES string of the molecule is CCc1[nH]c(=O)ncc1-c1nc2cc(C(=O)N3C[C@H]4CC[C@@H]3[C@@H]4N)cc(OC)c2n1C.COc1cc(C(=O)N2C[C@H]3CC[C@@H]2[C@@H]3N)cc2nc(-c3cccnc3CC3CC3)n(C)c12.COc1cc(C(=O)N2C[C@H]3CC[C@@H]2[C@@H]3N)cc2nc(-c3cccnc3CC3CC3C)n(C)c12.COc1cc(C(=O)N2C[C@H]3CC[C@@H]2[C@@H]3N)cc2nc(-c3cccnc3CC3CCC3)n(C)c12. The van der Waals surface area contributed by atoms with Gasteiger partial charge < -0.3 is 84.7 Å². The van der Waals surface area contributed by atoms with Gasteiger partial charge in [0.05, 0.1) is 73.2 Å². The first-order chi connectivity index (χ1) is 62.5. The molecule has 11 fully saturated rings. The second-order valence-corrected chi connectivity index (χ2v) is 38.2. The van der Waals surface area contributed by atoms with E-state index in [1.807, 2.05) is 139 Å². The minimum Gasteiger partial charge on any atom is -0.494 e. The number of carbonyl (C=O) groups excluding carboxylic acids is 4. The zero-order chi connectivity index (χ0) is 89.4. The average Bonchev–Trinajstić information content (AvgIpc) is 1.61. The molecule has 2 unspecified atom stereocenters. The molecule has 7 saturated carbocycles. The van der Waals surface area contributed by atoms with Crippen molar-refractivity contribution in [2.24, 2.45) is 98.5 Å². The number of pyridine rings is 3. The maximum atomic E-state index is 13.4.